The van der Waals surface area contributed by atoms with Crippen LogP contribution in [0.2, 0.25) is 0 Å². The first-order valence-electron chi connectivity index (χ1n) is 8.68. The number of hydrogen-bond acceptors (Lipinski definition) is 5. The van der Waals surface area contributed by atoms with Crippen molar-refractivity contribution in [2.24, 2.45) is 0 Å². The molecule has 0 atom stereocenters. The van der Waals surface area contributed by atoms with Gasteiger partial charge in [0.2, 0.25) is 0 Å². The van der Waals surface area contributed by atoms with Gasteiger partial charge in [-0.25, -0.2) is 9.78 Å². The Bertz CT molecular complexity index is 1040. The third-order valence-electron chi connectivity index (χ3n) is 4.62. The molecule has 9 nitrogen and oxygen atoms in total. The highest BCUT2D eigenvalue weighted by Gasteiger charge is 2.24. The molecule has 1 aliphatic rings. The van der Waals surface area contributed by atoms with E-state index in [1.54, 1.807) is 28.0 Å². The van der Waals surface area contributed by atoms with Crippen LogP contribution in [-0.2, 0) is 0 Å². The van der Waals surface area contributed by atoms with Crippen molar-refractivity contribution < 1.29 is 9.59 Å². The van der Waals surface area contributed by atoms with E-state index in [-0.39, 0.29) is 17.5 Å². The molecule has 1 aromatic carbocycles. The van der Waals surface area contributed by atoms with Crippen LogP contribution in [-0.4, -0.2) is 67.7 Å². The molecule has 1 aliphatic heterocycles. The fourth-order valence-electron chi connectivity index (χ4n) is 3.24. The number of H-pyrrole nitrogens is 2. The van der Waals surface area contributed by atoms with Crippen molar-refractivity contribution in [3.63, 3.8) is 0 Å². The SMILES string of the molecule is O=C(c1ccc2[nH]c(=O)[nH]c2c1)N1CCCN(C(=O)c2cnccn2)CC1. The van der Waals surface area contributed by atoms with E-state index < -0.39 is 0 Å². The number of nitrogens with one attached hydrogen (secondary N) is 2. The summed E-state index contributed by atoms with van der Waals surface area (Å²) >= 11 is 0. The largest absolute Gasteiger partial charge is 0.337 e. The third-order valence-corrected chi connectivity index (χ3v) is 4.62. The fourth-order valence-corrected chi connectivity index (χ4v) is 3.24. The van der Waals surface area contributed by atoms with Crippen LogP contribution in [0.4, 0.5) is 0 Å². The molecule has 0 aliphatic carbocycles. The molecule has 0 spiro atoms. The van der Waals surface area contributed by atoms with Gasteiger partial charge in [0.1, 0.15) is 5.69 Å². The number of rotatable bonds is 2. The van der Waals surface area contributed by atoms with Crippen molar-refractivity contribution in [2.75, 3.05) is 26.2 Å². The molecule has 3 aromatic rings. The highest BCUT2D eigenvalue weighted by Crippen LogP contribution is 2.14. The van der Waals surface area contributed by atoms with Crippen molar-refractivity contribution in [3.05, 3.63) is 58.5 Å². The van der Waals surface area contributed by atoms with E-state index >= 15 is 0 Å². The number of hydrogen-bond donors (Lipinski definition) is 2. The minimum absolute atomic E-state index is 0.118. The van der Waals surface area contributed by atoms with Gasteiger partial charge in [0, 0.05) is 44.1 Å². The molecule has 138 valence electrons. The molecule has 2 aromatic heterocycles. The number of nitrogens with zero attached hydrogens (tertiary/aromatic N) is 4. The highest BCUT2D eigenvalue weighted by molar-refractivity contribution is 5.97. The molecule has 1 saturated heterocycles. The maximum Gasteiger partial charge on any atom is 0.323 e. The monoisotopic (exact) mass is 366 g/mol. The quantitative estimate of drug-likeness (QED) is 0.690. The van der Waals surface area contributed by atoms with Gasteiger partial charge in [0.15, 0.2) is 0 Å². The molecule has 3 heterocycles. The van der Waals surface area contributed by atoms with Crippen LogP contribution in [0.15, 0.2) is 41.6 Å². The number of aromatic nitrogens is 4. The van der Waals surface area contributed by atoms with Gasteiger partial charge in [0.05, 0.1) is 17.2 Å². The maximum absolute atomic E-state index is 12.8. The van der Waals surface area contributed by atoms with E-state index in [0.717, 1.165) is 0 Å². The average Bonchev–Trinajstić information content (AvgIpc) is 2.90. The number of carbonyl (C=O) groups excluding carboxylic acids is 2. The molecule has 4 rings (SSSR count). The van der Waals surface area contributed by atoms with E-state index in [2.05, 4.69) is 19.9 Å². The van der Waals surface area contributed by atoms with Crippen molar-refractivity contribution in [2.45, 2.75) is 6.42 Å². The summed E-state index contributed by atoms with van der Waals surface area (Å²) in [7, 11) is 0. The number of fused-ring (bicyclic) bond motifs is 1. The number of carbonyl (C=O) groups is 2. The third kappa shape index (κ3) is 3.43. The topological polar surface area (TPSA) is 115 Å². The van der Waals surface area contributed by atoms with Crippen LogP contribution < -0.4 is 5.69 Å². The molecule has 0 radical (unpaired) electrons. The number of imidazole rings is 1. The average molecular weight is 366 g/mol. The predicted molar refractivity (Wildman–Crippen MR) is 97.4 cm³/mol. The van der Waals surface area contributed by atoms with Gasteiger partial charge in [-0.1, -0.05) is 0 Å². The Balaban J connectivity index is 1.47. The molecular formula is C18H18N6O3. The molecule has 9 heteroatoms. The van der Waals surface area contributed by atoms with Crippen molar-refractivity contribution in [3.8, 4) is 0 Å². The smallest absolute Gasteiger partial charge is 0.323 e. The Hall–Kier alpha value is -3.49. The van der Waals surface area contributed by atoms with Gasteiger partial charge in [-0.2, -0.15) is 0 Å². The van der Waals surface area contributed by atoms with Gasteiger partial charge in [-0.05, 0) is 24.6 Å². The molecular weight excluding hydrogens is 348 g/mol. The lowest BCUT2D eigenvalue weighted by Crippen LogP contribution is -2.37. The highest BCUT2D eigenvalue weighted by atomic mass is 16.2. The van der Waals surface area contributed by atoms with E-state index in [1.807, 2.05) is 0 Å². The van der Waals surface area contributed by atoms with Crippen LogP contribution in [0.5, 0.6) is 0 Å². The zero-order chi connectivity index (χ0) is 18.8. The Morgan fingerprint density at radius 3 is 2.41 bits per heavy atom. The van der Waals surface area contributed by atoms with E-state index in [0.29, 0.717) is 54.9 Å². The lowest BCUT2D eigenvalue weighted by molar-refractivity contribution is 0.0715. The molecule has 1 fully saturated rings. The van der Waals surface area contributed by atoms with Gasteiger partial charge in [-0.3, -0.25) is 14.6 Å². The normalized spacial score (nSPS) is 15.0. The molecule has 2 amide bonds. The lowest BCUT2D eigenvalue weighted by atomic mass is 10.1. The Morgan fingerprint density at radius 2 is 1.67 bits per heavy atom. The second-order valence-electron chi connectivity index (χ2n) is 6.37. The van der Waals surface area contributed by atoms with Gasteiger partial charge in [-0.15, -0.1) is 0 Å². The minimum atomic E-state index is -0.303. The Kier molecular flexibility index (Phi) is 4.41. The predicted octanol–water partition coefficient (Wildman–Crippen LogP) is 0.634. The number of aromatic amines is 2. The standard InChI is InChI=1S/C18H18N6O3/c25-16(12-2-3-13-14(10-12)22-18(27)21-13)23-6-1-7-24(9-8-23)17(26)15-11-19-4-5-20-15/h2-5,10-11H,1,6-9H2,(H2,21,22,27). The van der Waals surface area contributed by atoms with E-state index in [9.17, 15) is 14.4 Å². The second-order valence-corrected chi connectivity index (χ2v) is 6.37. The maximum atomic E-state index is 12.8. The fraction of sp³-hybridized carbons (Fsp3) is 0.278. The molecule has 27 heavy (non-hydrogen) atoms. The van der Waals surface area contributed by atoms with Gasteiger partial charge < -0.3 is 19.8 Å². The molecule has 0 unspecified atom stereocenters. The summed E-state index contributed by atoms with van der Waals surface area (Å²) in [4.78, 5) is 53.5. The summed E-state index contributed by atoms with van der Waals surface area (Å²) < 4.78 is 0. The lowest BCUT2D eigenvalue weighted by Gasteiger charge is -2.22. The van der Waals surface area contributed by atoms with E-state index in [1.165, 1.54) is 18.6 Å². The van der Waals surface area contributed by atoms with Crippen LogP contribution in [0.1, 0.15) is 27.3 Å². The summed E-state index contributed by atoms with van der Waals surface area (Å²) in [5, 5.41) is 0. The van der Waals surface area contributed by atoms with Crippen LogP contribution in [0.25, 0.3) is 11.0 Å². The second kappa shape index (κ2) is 7.02. The summed E-state index contributed by atoms with van der Waals surface area (Å²) in [6.45, 7) is 1.99. The van der Waals surface area contributed by atoms with Crippen LogP contribution in [0, 0.1) is 0 Å². The zero-order valence-electron chi connectivity index (χ0n) is 14.5. The molecule has 0 bridgehead atoms. The van der Waals surface area contributed by atoms with E-state index in [4.69, 9.17) is 0 Å². The van der Waals surface area contributed by atoms with Gasteiger partial charge in [0.25, 0.3) is 11.8 Å². The Labute approximate surface area is 154 Å². The molecule has 0 saturated carbocycles. The van der Waals surface area contributed by atoms with Gasteiger partial charge >= 0.3 is 5.69 Å². The van der Waals surface area contributed by atoms with Crippen molar-refractivity contribution in [1.29, 1.82) is 0 Å². The zero-order valence-corrected chi connectivity index (χ0v) is 14.5. The number of benzene rings is 1. The summed E-state index contributed by atoms with van der Waals surface area (Å²) in [5.74, 6) is -0.295. The first kappa shape index (κ1) is 17.0. The first-order valence-corrected chi connectivity index (χ1v) is 8.68. The summed E-state index contributed by atoms with van der Waals surface area (Å²) in [5.41, 5.74) is 1.77. The minimum Gasteiger partial charge on any atom is -0.337 e. The summed E-state index contributed by atoms with van der Waals surface area (Å²) in [6, 6.07) is 5.08. The van der Waals surface area contributed by atoms with Crippen molar-refractivity contribution >= 4 is 22.8 Å². The number of amides is 2. The Morgan fingerprint density at radius 1 is 0.926 bits per heavy atom. The van der Waals surface area contributed by atoms with Crippen LogP contribution >= 0.6 is 0 Å². The molecule has 2 N–H and O–H groups in total. The van der Waals surface area contributed by atoms with Crippen molar-refractivity contribution in [1.82, 2.24) is 29.7 Å². The first-order chi connectivity index (χ1) is 13.1. The summed E-state index contributed by atoms with van der Waals surface area (Å²) in [6.07, 6.45) is 5.14. The van der Waals surface area contributed by atoms with Crippen LogP contribution in [0.3, 0.4) is 0 Å².